The second-order valence-corrected chi connectivity index (χ2v) is 4.88. The molecule has 1 unspecified atom stereocenters. The second-order valence-electron chi connectivity index (χ2n) is 4.88. The van der Waals surface area contributed by atoms with Gasteiger partial charge in [0.15, 0.2) is 0 Å². The number of amides is 1. The fraction of sp³-hybridized carbons (Fsp3) is 0.375. The molecule has 0 aliphatic rings. The van der Waals surface area contributed by atoms with Gasteiger partial charge in [-0.15, -0.1) is 0 Å². The predicted molar refractivity (Wildman–Crippen MR) is 79.4 cm³/mol. The van der Waals surface area contributed by atoms with Gasteiger partial charge in [-0.05, 0) is 37.5 Å². The van der Waals surface area contributed by atoms with E-state index in [2.05, 4.69) is 5.32 Å². The van der Waals surface area contributed by atoms with Crippen molar-refractivity contribution in [2.24, 2.45) is 0 Å². The number of aryl methyl sites for hydroxylation is 2. The lowest BCUT2D eigenvalue weighted by Crippen LogP contribution is -2.39. The van der Waals surface area contributed by atoms with Crippen molar-refractivity contribution in [3.63, 3.8) is 0 Å². The maximum atomic E-state index is 11.7. The molecular formula is C16H21NO3. The Kier molecular flexibility index (Phi) is 5.97. The van der Waals surface area contributed by atoms with Crippen molar-refractivity contribution in [1.82, 2.24) is 5.32 Å². The number of aliphatic carboxylic acids is 1. The molecule has 1 aromatic rings. The summed E-state index contributed by atoms with van der Waals surface area (Å²) in [5.74, 6) is -1.38. The Morgan fingerprint density at radius 3 is 2.60 bits per heavy atom. The summed E-state index contributed by atoms with van der Waals surface area (Å²) in [5, 5.41) is 11.5. The van der Waals surface area contributed by atoms with E-state index in [1.807, 2.05) is 39.0 Å². The van der Waals surface area contributed by atoms with Gasteiger partial charge in [-0.3, -0.25) is 4.79 Å². The summed E-state index contributed by atoms with van der Waals surface area (Å²) < 4.78 is 0. The summed E-state index contributed by atoms with van der Waals surface area (Å²) in [6.45, 7) is 5.87. The number of hydrogen-bond donors (Lipinski definition) is 2. The van der Waals surface area contributed by atoms with Gasteiger partial charge in [0.1, 0.15) is 6.04 Å². The van der Waals surface area contributed by atoms with Crippen LogP contribution in [0, 0.1) is 13.8 Å². The molecule has 0 bridgehead atoms. The molecule has 0 heterocycles. The monoisotopic (exact) mass is 275 g/mol. The lowest BCUT2D eigenvalue weighted by Gasteiger charge is -2.11. The van der Waals surface area contributed by atoms with E-state index in [0.29, 0.717) is 12.8 Å². The first-order valence-electron chi connectivity index (χ1n) is 6.72. The average molecular weight is 275 g/mol. The van der Waals surface area contributed by atoms with Gasteiger partial charge in [-0.1, -0.05) is 37.1 Å². The normalized spacial score (nSPS) is 12.3. The molecule has 1 rings (SSSR count). The number of hydrogen-bond acceptors (Lipinski definition) is 2. The van der Waals surface area contributed by atoms with Gasteiger partial charge in [-0.25, -0.2) is 4.79 Å². The molecule has 0 aliphatic heterocycles. The lowest BCUT2D eigenvalue weighted by atomic mass is 10.1. The molecule has 2 N–H and O–H groups in total. The van der Waals surface area contributed by atoms with Gasteiger partial charge in [0.05, 0.1) is 0 Å². The summed E-state index contributed by atoms with van der Waals surface area (Å²) in [5.41, 5.74) is 3.20. The molecule has 0 saturated carbocycles. The van der Waals surface area contributed by atoms with Gasteiger partial charge in [0.2, 0.25) is 5.91 Å². The molecule has 108 valence electrons. The second kappa shape index (κ2) is 7.48. The van der Waals surface area contributed by atoms with Crippen LogP contribution in [-0.2, 0) is 9.59 Å². The minimum absolute atomic E-state index is 0.383. The van der Waals surface area contributed by atoms with Gasteiger partial charge in [-0.2, -0.15) is 0 Å². The van der Waals surface area contributed by atoms with E-state index < -0.39 is 12.0 Å². The summed E-state index contributed by atoms with van der Waals surface area (Å²) in [6.07, 6.45) is 4.22. The van der Waals surface area contributed by atoms with Gasteiger partial charge < -0.3 is 10.4 Å². The molecule has 0 saturated heterocycles. The van der Waals surface area contributed by atoms with Crippen molar-refractivity contribution in [3.05, 3.63) is 41.0 Å². The van der Waals surface area contributed by atoms with E-state index in [1.165, 1.54) is 6.08 Å². The van der Waals surface area contributed by atoms with Crippen molar-refractivity contribution < 1.29 is 14.7 Å². The van der Waals surface area contributed by atoms with Crippen LogP contribution in [0.5, 0.6) is 0 Å². The molecule has 4 nitrogen and oxygen atoms in total. The third-order valence-corrected chi connectivity index (χ3v) is 3.03. The summed E-state index contributed by atoms with van der Waals surface area (Å²) in [4.78, 5) is 22.7. The summed E-state index contributed by atoms with van der Waals surface area (Å²) in [7, 11) is 0. The van der Waals surface area contributed by atoms with Crippen LogP contribution in [-0.4, -0.2) is 23.0 Å². The number of carbonyl (C=O) groups is 2. The highest BCUT2D eigenvalue weighted by molar-refractivity contribution is 5.94. The Morgan fingerprint density at radius 2 is 2.05 bits per heavy atom. The molecule has 1 atom stereocenters. The third-order valence-electron chi connectivity index (χ3n) is 3.03. The molecule has 0 aromatic heterocycles. The molecule has 1 aromatic carbocycles. The van der Waals surface area contributed by atoms with Crippen LogP contribution in [0.15, 0.2) is 24.3 Å². The molecular weight excluding hydrogens is 254 g/mol. The third kappa shape index (κ3) is 4.88. The molecule has 1 amide bonds. The van der Waals surface area contributed by atoms with Crippen molar-refractivity contribution in [1.29, 1.82) is 0 Å². The smallest absolute Gasteiger partial charge is 0.326 e. The standard InChI is InChI=1S/C16H21NO3/c1-4-5-14(16(19)20)17-15(18)9-8-13-7-6-11(2)10-12(13)3/h6-10,14H,4-5H2,1-3H3,(H,17,18)(H,19,20)/b9-8+. The Bertz CT molecular complexity index is 520. The first-order chi connectivity index (χ1) is 9.43. The number of carboxylic acid groups (broad SMARTS) is 1. The Balaban J connectivity index is 2.69. The molecule has 0 radical (unpaired) electrons. The molecule has 0 spiro atoms. The highest BCUT2D eigenvalue weighted by Gasteiger charge is 2.17. The Hall–Kier alpha value is -2.10. The van der Waals surface area contributed by atoms with E-state index in [0.717, 1.165) is 16.7 Å². The minimum atomic E-state index is -1.000. The summed E-state index contributed by atoms with van der Waals surface area (Å²) >= 11 is 0. The molecule has 0 fully saturated rings. The zero-order valence-electron chi connectivity index (χ0n) is 12.1. The van der Waals surface area contributed by atoms with E-state index in [-0.39, 0.29) is 5.91 Å². The Labute approximate surface area is 119 Å². The first kappa shape index (κ1) is 16.0. The predicted octanol–water partition coefficient (Wildman–Crippen LogP) is 2.69. The zero-order chi connectivity index (χ0) is 15.1. The maximum Gasteiger partial charge on any atom is 0.326 e. The van der Waals surface area contributed by atoms with Crippen LogP contribution in [0.25, 0.3) is 6.08 Å². The quantitative estimate of drug-likeness (QED) is 0.784. The van der Waals surface area contributed by atoms with E-state index >= 15 is 0 Å². The van der Waals surface area contributed by atoms with Crippen molar-refractivity contribution in [2.45, 2.75) is 39.7 Å². The van der Waals surface area contributed by atoms with Crippen LogP contribution in [0.1, 0.15) is 36.5 Å². The Morgan fingerprint density at radius 1 is 1.35 bits per heavy atom. The molecule has 20 heavy (non-hydrogen) atoms. The molecule has 4 heteroatoms. The SMILES string of the molecule is CCCC(NC(=O)/C=C/c1ccc(C)cc1C)C(=O)O. The number of rotatable bonds is 6. The van der Waals surface area contributed by atoms with E-state index in [1.54, 1.807) is 6.08 Å². The van der Waals surface area contributed by atoms with Crippen molar-refractivity contribution in [2.75, 3.05) is 0 Å². The van der Waals surface area contributed by atoms with Gasteiger partial charge in [0.25, 0.3) is 0 Å². The highest BCUT2D eigenvalue weighted by atomic mass is 16.4. The van der Waals surface area contributed by atoms with Gasteiger partial charge >= 0.3 is 5.97 Å². The summed E-state index contributed by atoms with van der Waals surface area (Å²) in [6, 6.07) is 5.13. The van der Waals surface area contributed by atoms with Crippen LogP contribution < -0.4 is 5.32 Å². The average Bonchev–Trinajstić information content (AvgIpc) is 2.37. The zero-order valence-corrected chi connectivity index (χ0v) is 12.1. The van der Waals surface area contributed by atoms with Crippen LogP contribution in [0.3, 0.4) is 0 Å². The lowest BCUT2D eigenvalue weighted by molar-refractivity contribution is -0.141. The minimum Gasteiger partial charge on any atom is -0.480 e. The van der Waals surface area contributed by atoms with Crippen LogP contribution in [0.2, 0.25) is 0 Å². The number of benzene rings is 1. The maximum absolute atomic E-state index is 11.7. The largest absolute Gasteiger partial charge is 0.480 e. The number of carbonyl (C=O) groups excluding carboxylic acids is 1. The molecule has 0 aliphatic carbocycles. The van der Waals surface area contributed by atoms with Crippen LogP contribution in [0.4, 0.5) is 0 Å². The van der Waals surface area contributed by atoms with Gasteiger partial charge in [0, 0.05) is 6.08 Å². The first-order valence-corrected chi connectivity index (χ1v) is 6.72. The highest BCUT2D eigenvalue weighted by Crippen LogP contribution is 2.12. The van der Waals surface area contributed by atoms with E-state index in [4.69, 9.17) is 5.11 Å². The number of nitrogens with one attached hydrogen (secondary N) is 1. The fourth-order valence-electron chi connectivity index (χ4n) is 1.94. The van der Waals surface area contributed by atoms with Crippen LogP contribution >= 0.6 is 0 Å². The fourth-order valence-corrected chi connectivity index (χ4v) is 1.94. The van der Waals surface area contributed by atoms with E-state index in [9.17, 15) is 9.59 Å². The van der Waals surface area contributed by atoms with Crippen molar-refractivity contribution in [3.8, 4) is 0 Å². The number of carboxylic acids is 1. The topological polar surface area (TPSA) is 66.4 Å². The van der Waals surface area contributed by atoms with Crippen molar-refractivity contribution >= 4 is 18.0 Å².